The van der Waals surface area contributed by atoms with Crippen molar-refractivity contribution in [2.75, 3.05) is 13.2 Å². The summed E-state index contributed by atoms with van der Waals surface area (Å²) in [7, 11) is 0. The van der Waals surface area contributed by atoms with E-state index in [4.69, 9.17) is 14.2 Å². The van der Waals surface area contributed by atoms with Crippen molar-refractivity contribution in [1.29, 1.82) is 0 Å². The van der Waals surface area contributed by atoms with Crippen LogP contribution in [0.15, 0.2) is 12.1 Å². The van der Waals surface area contributed by atoms with E-state index < -0.39 is 24.6 Å². The molecule has 1 unspecified atom stereocenters. The number of aliphatic carboxylic acids is 1. The number of esters is 1. The van der Waals surface area contributed by atoms with Gasteiger partial charge in [0.2, 0.25) is 0 Å². The number of carboxylic acid groups (broad SMARTS) is 1. The molecule has 0 saturated carbocycles. The van der Waals surface area contributed by atoms with Gasteiger partial charge < -0.3 is 19.3 Å². The van der Waals surface area contributed by atoms with Crippen LogP contribution in [0.3, 0.4) is 0 Å². The van der Waals surface area contributed by atoms with Gasteiger partial charge in [0, 0.05) is 12.8 Å². The van der Waals surface area contributed by atoms with Crippen LogP contribution in [0.5, 0.6) is 11.5 Å². The van der Waals surface area contributed by atoms with Gasteiger partial charge in [0.05, 0.1) is 17.7 Å². The van der Waals surface area contributed by atoms with Crippen LogP contribution in [0.4, 0.5) is 0 Å². The molecule has 0 fully saturated rings. The molecule has 1 aromatic rings. The summed E-state index contributed by atoms with van der Waals surface area (Å²) in [5.74, 6) is -2.30. The van der Waals surface area contributed by atoms with Gasteiger partial charge in [-0.25, -0.2) is 9.59 Å². The lowest BCUT2D eigenvalue weighted by Crippen LogP contribution is -2.27. The summed E-state index contributed by atoms with van der Waals surface area (Å²) in [5, 5.41) is 9.21. The maximum absolute atomic E-state index is 12.6. The monoisotopic (exact) mass is 378 g/mol. The second kappa shape index (κ2) is 9.16. The number of hydrogen-bond donors (Lipinski definition) is 1. The summed E-state index contributed by atoms with van der Waals surface area (Å²) >= 11 is 0. The molecule has 1 aromatic carbocycles. The first-order chi connectivity index (χ1) is 12.9. The van der Waals surface area contributed by atoms with Crippen LogP contribution in [0.1, 0.15) is 60.2 Å². The Bertz CT molecular complexity index is 752. The van der Waals surface area contributed by atoms with Crippen LogP contribution < -0.4 is 9.47 Å². The average Bonchev–Trinajstić information content (AvgIpc) is 2.78. The van der Waals surface area contributed by atoms with Gasteiger partial charge in [-0.15, -0.1) is 0 Å². The van der Waals surface area contributed by atoms with Crippen molar-refractivity contribution in [2.24, 2.45) is 0 Å². The highest BCUT2D eigenvalue weighted by atomic mass is 16.6. The van der Waals surface area contributed by atoms with Crippen molar-refractivity contribution in [2.45, 2.75) is 45.6 Å². The van der Waals surface area contributed by atoms with Gasteiger partial charge in [-0.1, -0.05) is 6.92 Å². The molecule has 0 aliphatic heterocycles. The van der Waals surface area contributed by atoms with Crippen LogP contribution in [-0.4, -0.2) is 47.9 Å². The molecule has 0 heterocycles. The Morgan fingerprint density at radius 2 is 1.67 bits per heavy atom. The Morgan fingerprint density at radius 1 is 1.07 bits per heavy atom. The van der Waals surface area contributed by atoms with Gasteiger partial charge in [0.25, 0.3) is 0 Å². The molecular weight excluding hydrogens is 356 g/mol. The minimum Gasteiger partial charge on any atom is -0.481 e. The summed E-state index contributed by atoms with van der Waals surface area (Å²) in [4.78, 5) is 47.9. The molecule has 1 aliphatic carbocycles. The van der Waals surface area contributed by atoms with E-state index in [0.29, 0.717) is 6.42 Å². The maximum atomic E-state index is 12.6. The maximum Gasteiger partial charge on any atom is 0.344 e. The first kappa shape index (κ1) is 20.4. The Morgan fingerprint density at radius 3 is 2.22 bits per heavy atom. The highest BCUT2D eigenvalue weighted by Gasteiger charge is 2.31. The quantitative estimate of drug-likeness (QED) is 0.541. The minimum atomic E-state index is -1.17. The topological polar surface area (TPSA) is 116 Å². The zero-order chi connectivity index (χ0) is 20.0. The van der Waals surface area contributed by atoms with Crippen LogP contribution in [-0.2, 0) is 14.3 Å². The molecule has 146 valence electrons. The number of benzene rings is 1. The van der Waals surface area contributed by atoms with Crippen molar-refractivity contribution >= 4 is 23.5 Å². The van der Waals surface area contributed by atoms with E-state index in [2.05, 4.69) is 0 Å². The number of ether oxygens (including phenoxy) is 3. The molecule has 2 rings (SSSR count). The van der Waals surface area contributed by atoms with E-state index in [0.717, 1.165) is 0 Å². The molecular formula is C19H22O8. The molecule has 1 aliphatic rings. The second-order valence-corrected chi connectivity index (χ2v) is 5.96. The Hall–Kier alpha value is -2.90. The molecule has 27 heavy (non-hydrogen) atoms. The number of fused-ring (bicyclic) bond motifs is 1. The lowest BCUT2D eigenvalue weighted by molar-refractivity contribution is -0.146. The zero-order valence-electron chi connectivity index (χ0n) is 15.3. The molecule has 0 aromatic heterocycles. The van der Waals surface area contributed by atoms with E-state index in [9.17, 15) is 24.3 Å². The number of rotatable bonds is 8. The van der Waals surface area contributed by atoms with Crippen LogP contribution in [0.25, 0.3) is 0 Å². The third kappa shape index (κ3) is 4.84. The Labute approximate surface area is 156 Å². The smallest absolute Gasteiger partial charge is 0.344 e. The number of Topliss-reactive ketones (excluding diaryl/α,β-unsaturated/α-hetero) is 2. The number of carbonyl (C=O) groups excluding carboxylic acids is 3. The third-order valence-corrected chi connectivity index (χ3v) is 4.06. The number of carbonyl (C=O) groups is 4. The molecule has 0 amide bonds. The number of ketones is 2. The van der Waals surface area contributed by atoms with Gasteiger partial charge in [-0.3, -0.25) is 9.59 Å². The second-order valence-electron chi connectivity index (χ2n) is 5.96. The Balaban J connectivity index is 2.45. The third-order valence-electron chi connectivity index (χ3n) is 4.06. The lowest BCUT2D eigenvalue weighted by atomic mass is 9.99. The summed E-state index contributed by atoms with van der Waals surface area (Å²) in [5.41, 5.74) is 0.0399. The molecule has 1 atom stereocenters. The fraction of sp³-hybridized carbons (Fsp3) is 0.474. The standard InChI is InChI=1S/C19H22O8/c1-3-13(19(23)24)27-15-9-8-14(26-10-16(22)25-4-2)17-11(20)6-5-7-12(21)18(15)17/h8-9,13H,3-7,10H2,1-2H3,(H,23,24). The average molecular weight is 378 g/mol. The summed E-state index contributed by atoms with van der Waals surface area (Å²) in [6.07, 6.45) is -0.299. The van der Waals surface area contributed by atoms with E-state index in [1.54, 1.807) is 13.8 Å². The van der Waals surface area contributed by atoms with Crippen molar-refractivity contribution < 1.29 is 38.5 Å². The minimum absolute atomic E-state index is 0.0126. The van der Waals surface area contributed by atoms with Gasteiger partial charge in [-0.05, 0) is 31.9 Å². The normalized spacial score (nSPS) is 14.7. The molecule has 0 saturated heterocycles. The van der Waals surface area contributed by atoms with E-state index >= 15 is 0 Å². The van der Waals surface area contributed by atoms with E-state index in [-0.39, 0.29) is 60.1 Å². The lowest BCUT2D eigenvalue weighted by Gasteiger charge is -2.19. The number of hydrogen-bond acceptors (Lipinski definition) is 7. The van der Waals surface area contributed by atoms with Crippen molar-refractivity contribution in [1.82, 2.24) is 0 Å². The molecule has 1 N–H and O–H groups in total. The molecule has 0 spiro atoms. The first-order valence-electron chi connectivity index (χ1n) is 8.80. The highest BCUT2D eigenvalue weighted by Crippen LogP contribution is 2.36. The fourth-order valence-electron chi connectivity index (χ4n) is 2.80. The molecule has 0 radical (unpaired) electrons. The van der Waals surface area contributed by atoms with Gasteiger partial charge in [0.1, 0.15) is 11.5 Å². The summed E-state index contributed by atoms with van der Waals surface area (Å²) in [6.45, 7) is 3.08. The molecule has 0 bridgehead atoms. The molecule has 8 heteroatoms. The van der Waals surface area contributed by atoms with Crippen molar-refractivity contribution in [3.05, 3.63) is 23.3 Å². The van der Waals surface area contributed by atoms with Crippen LogP contribution in [0.2, 0.25) is 0 Å². The first-order valence-corrected chi connectivity index (χ1v) is 8.80. The van der Waals surface area contributed by atoms with Crippen molar-refractivity contribution in [3.63, 3.8) is 0 Å². The largest absolute Gasteiger partial charge is 0.481 e. The number of carboxylic acids is 1. The SMILES string of the molecule is CCOC(=O)COc1ccc(OC(CC)C(=O)O)c2c1C(=O)CCCC2=O. The Kier molecular flexibility index (Phi) is 6.92. The van der Waals surface area contributed by atoms with Crippen LogP contribution >= 0.6 is 0 Å². The van der Waals surface area contributed by atoms with Gasteiger partial charge in [-0.2, -0.15) is 0 Å². The molecule has 8 nitrogen and oxygen atoms in total. The predicted octanol–water partition coefficient (Wildman–Crippen LogP) is 2.42. The van der Waals surface area contributed by atoms with Crippen LogP contribution in [0, 0.1) is 0 Å². The van der Waals surface area contributed by atoms with E-state index in [1.807, 2.05) is 0 Å². The summed E-state index contributed by atoms with van der Waals surface area (Å²) in [6, 6.07) is 2.79. The zero-order valence-corrected chi connectivity index (χ0v) is 15.3. The fourth-order valence-corrected chi connectivity index (χ4v) is 2.80. The van der Waals surface area contributed by atoms with Gasteiger partial charge in [0.15, 0.2) is 24.3 Å². The highest BCUT2D eigenvalue weighted by molar-refractivity contribution is 6.13. The van der Waals surface area contributed by atoms with Crippen molar-refractivity contribution in [3.8, 4) is 11.5 Å². The predicted molar refractivity (Wildman–Crippen MR) is 93.4 cm³/mol. The summed E-state index contributed by atoms with van der Waals surface area (Å²) < 4.78 is 15.7. The van der Waals surface area contributed by atoms with E-state index in [1.165, 1.54) is 12.1 Å². The van der Waals surface area contributed by atoms with Gasteiger partial charge >= 0.3 is 11.9 Å².